The van der Waals surface area contributed by atoms with Crippen molar-refractivity contribution in [2.24, 2.45) is 16.8 Å². The molecule has 12 heteroatoms. The van der Waals surface area contributed by atoms with E-state index in [9.17, 15) is 19.2 Å². The Morgan fingerprint density at radius 1 is 0.586 bits per heavy atom. The van der Waals surface area contributed by atoms with Crippen LogP contribution in [-0.2, 0) is 19.1 Å². The van der Waals surface area contributed by atoms with Crippen LogP contribution in [0.25, 0.3) is 0 Å². The summed E-state index contributed by atoms with van der Waals surface area (Å²) in [7, 11) is 1.55. The highest BCUT2D eigenvalue weighted by Gasteiger charge is 2.26. The molecule has 5 aromatic carbocycles. The number of methoxy groups -OCH3 is 1. The molecule has 0 radical (unpaired) electrons. The van der Waals surface area contributed by atoms with E-state index < -0.39 is 35.7 Å². The zero-order valence-corrected chi connectivity index (χ0v) is 32.7. The van der Waals surface area contributed by atoms with Crippen molar-refractivity contribution in [2.45, 2.75) is 39.7 Å². The minimum absolute atomic E-state index is 0.0129. The number of ether oxygens (including phenoxy) is 7. The van der Waals surface area contributed by atoms with E-state index in [4.69, 9.17) is 33.2 Å². The molecule has 0 amide bonds. The molecule has 5 aromatic rings. The van der Waals surface area contributed by atoms with Crippen LogP contribution < -0.4 is 23.7 Å². The second-order valence-corrected chi connectivity index (χ2v) is 13.1. The summed E-state index contributed by atoms with van der Waals surface area (Å²) < 4.78 is 37.6. The largest absolute Gasteiger partial charge is 0.497 e. The average molecular weight is 788 g/mol. The summed E-state index contributed by atoms with van der Waals surface area (Å²) in [6.07, 6.45) is 2.41. The molecule has 3 unspecified atom stereocenters. The lowest BCUT2D eigenvalue weighted by molar-refractivity contribution is -0.159. The lowest BCUT2D eigenvalue weighted by Gasteiger charge is -2.18. The Kier molecular flexibility index (Phi) is 15.6. The summed E-state index contributed by atoms with van der Waals surface area (Å²) in [6, 6.07) is 36.1. The quantitative estimate of drug-likeness (QED) is 0.0343. The lowest BCUT2D eigenvalue weighted by Crippen LogP contribution is -2.26. The first-order chi connectivity index (χ1) is 28.1. The molecule has 0 saturated heterocycles. The number of benzene rings is 5. The summed E-state index contributed by atoms with van der Waals surface area (Å²) >= 11 is 0. The number of rotatable bonds is 19. The van der Waals surface area contributed by atoms with Crippen molar-refractivity contribution in [1.82, 2.24) is 0 Å². The number of hydrogen-bond donors (Lipinski definition) is 0. The van der Waals surface area contributed by atoms with Gasteiger partial charge in [-0.3, -0.25) is 14.6 Å². The first-order valence-corrected chi connectivity index (χ1v) is 18.7. The van der Waals surface area contributed by atoms with Crippen molar-refractivity contribution >= 4 is 30.1 Å². The van der Waals surface area contributed by atoms with Gasteiger partial charge in [0.2, 0.25) is 13.6 Å². The van der Waals surface area contributed by atoms with Gasteiger partial charge < -0.3 is 33.2 Å². The summed E-state index contributed by atoms with van der Waals surface area (Å²) in [5, 5.41) is 0. The highest BCUT2D eigenvalue weighted by atomic mass is 16.7. The summed E-state index contributed by atoms with van der Waals surface area (Å²) in [6.45, 7) is 4.78. The SMILES string of the molecule is CCC(CC(C)C(=O)OCOc1ccc(C(=O)Oc2ccc(C=NC(C)c3ccccc3)cc2)cc1)C(=O)OCOc1ccc(C(=O)Oc2ccc(OC)cc2)cc1. The van der Waals surface area contributed by atoms with E-state index in [2.05, 4.69) is 4.99 Å². The van der Waals surface area contributed by atoms with Crippen molar-refractivity contribution in [1.29, 1.82) is 0 Å². The smallest absolute Gasteiger partial charge is 0.343 e. The van der Waals surface area contributed by atoms with Gasteiger partial charge in [0.05, 0.1) is 36.1 Å². The molecule has 5 rings (SSSR count). The van der Waals surface area contributed by atoms with Crippen LogP contribution in [0.3, 0.4) is 0 Å². The third-order valence-electron chi connectivity index (χ3n) is 8.99. The summed E-state index contributed by atoms with van der Waals surface area (Å²) in [4.78, 5) is 55.2. The maximum absolute atomic E-state index is 12.8. The number of carbonyl (C=O) groups excluding carboxylic acids is 4. The molecule has 0 aliphatic carbocycles. The molecule has 0 saturated carbocycles. The Labute approximate surface area is 337 Å². The van der Waals surface area contributed by atoms with Gasteiger partial charge in [0.25, 0.3) is 0 Å². The van der Waals surface area contributed by atoms with E-state index in [-0.39, 0.29) is 26.0 Å². The van der Waals surface area contributed by atoms with E-state index in [1.54, 1.807) is 93.0 Å². The molecule has 58 heavy (non-hydrogen) atoms. The summed E-state index contributed by atoms with van der Waals surface area (Å²) in [5.74, 6) is -1.18. The molecule has 0 bridgehead atoms. The van der Waals surface area contributed by atoms with Crippen LogP contribution >= 0.6 is 0 Å². The molecule has 0 spiro atoms. The van der Waals surface area contributed by atoms with Crippen LogP contribution in [0.4, 0.5) is 0 Å². The Morgan fingerprint density at radius 2 is 1.05 bits per heavy atom. The minimum atomic E-state index is -0.622. The molecular weight excluding hydrogens is 743 g/mol. The molecule has 0 fully saturated rings. The van der Waals surface area contributed by atoms with Gasteiger partial charge in [-0.25, -0.2) is 9.59 Å². The van der Waals surface area contributed by atoms with E-state index in [1.165, 1.54) is 12.1 Å². The molecule has 0 heterocycles. The Hall–Kier alpha value is -6.95. The van der Waals surface area contributed by atoms with Gasteiger partial charge in [-0.05, 0) is 128 Å². The third-order valence-corrected chi connectivity index (χ3v) is 8.99. The fourth-order valence-corrected chi connectivity index (χ4v) is 5.51. The van der Waals surface area contributed by atoms with Crippen molar-refractivity contribution in [3.05, 3.63) is 150 Å². The van der Waals surface area contributed by atoms with Gasteiger partial charge in [-0.2, -0.15) is 0 Å². The van der Waals surface area contributed by atoms with Crippen molar-refractivity contribution < 1.29 is 52.3 Å². The second-order valence-electron chi connectivity index (χ2n) is 13.1. The van der Waals surface area contributed by atoms with Crippen molar-refractivity contribution in [3.63, 3.8) is 0 Å². The second kappa shape index (κ2) is 21.4. The Morgan fingerprint density at radius 3 is 1.55 bits per heavy atom. The maximum Gasteiger partial charge on any atom is 0.343 e. The minimum Gasteiger partial charge on any atom is -0.497 e. The van der Waals surface area contributed by atoms with Crippen LogP contribution in [0.5, 0.6) is 28.7 Å². The van der Waals surface area contributed by atoms with Crippen molar-refractivity contribution in [3.8, 4) is 28.7 Å². The summed E-state index contributed by atoms with van der Waals surface area (Å²) in [5.41, 5.74) is 2.61. The van der Waals surface area contributed by atoms with Gasteiger partial charge in [-0.1, -0.05) is 44.2 Å². The zero-order valence-electron chi connectivity index (χ0n) is 32.7. The third kappa shape index (κ3) is 12.8. The van der Waals surface area contributed by atoms with Crippen LogP contribution in [0.15, 0.2) is 132 Å². The van der Waals surface area contributed by atoms with E-state index >= 15 is 0 Å². The van der Waals surface area contributed by atoms with Gasteiger partial charge >= 0.3 is 23.9 Å². The first kappa shape index (κ1) is 42.2. The Balaban J connectivity index is 0.979. The number of esters is 4. The van der Waals surface area contributed by atoms with Crippen LogP contribution in [0.1, 0.15) is 71.5 Å². The predicted molar refractivity (Wildman–Crippen MR) is 215 cm³/mol. The molecule has 0 N–H and O–H groups in total. The van der Waals surface area contributed by atoms with Crippen LogP contribution in [0.2, 0.25) is 0 Å². The zero-order chi connectivity index (χ0) is 41.3. The highest BCUT2D eigenvalue weighted by Crippen LogP contribution is 2.23. The molecule has 0 aliphatic rings. The fourth-order valence-electron chi connectivity index (χ4n) is 5.51. The van der Waals surface area contributed by atoms with Crippen LogP contribution in [-0.4, -0.2) is 50.8 Å². The normalized spacial score (nSPS) is 12.4. The van der Waals surface area contributed by atoms with Crippen molar-refractivity contribution in [2.75, 3.05) is 20.7 Å². The van der Waals surface area contributed by atoms with E-state index in [0.29, 0.717) is 46.3 Å². The molecule has 0 aromatic heterocycles. The standard InChI is InChI=1S/C46H45NO11/c1-5-34(44(49)56-30-54-40-21-15-37(16-22-40)46(51)58-42-25-23-38(52-4)24-26-42)27-31(2)43(48)55-29-53-39-19-13-36(14-20-39)45(50)57-41-17-11-33(12-18-41)28-47-32(3)35-9-7-6-8-10-35/h6-26,28,31-32,34H,5,27,29-30H2,1-4H3. The monoisotopic (exact) mass is 787 g/mol. The number of aliphatic imine (C=N–C) groups is 1. The molecular formula is C46H45NO11. The Bertz CT molecular complexity index is 2120. The number of nitrogens with zero attached hydrogens (tertiary/aromatic N) is 1. The number of carbonyl (C=O) groups is 4. The van der Waals surface area contributed by atoms with E-state index in [1.807, 2.05) is 56.3 Å². The average Bonchev–Trinajstić information content (AvgIpc) is 3.26. The molecule has 0 aliphatic heterocycles. The fraction of sp³-hybridized carbons (Fsp3) is 0.239. The molecule has 300 valence electrons. The predicted octanol–water partition coefficient (Wildman–Crippen LogP) is 8.83. The van der Waals surface area contributed by atoms with Gasteiger partial charge in [0.15, 0.2) is 0 Å². The number of hydrogen-bond acceptors (Lipinski definition) is 12. The first-order valence-electron chi connectivity index (χ1n) is 18.7. The maximum atomic E-state index is 12.8. The highest BCUT2D eigenvalue weighted by molar-refractivity contribution is 5.92. The van der Waals surface area contributed by atoms with Gasteiger partial charge in [-0.15, -0.1) is 0 Å². The van der Waals surface area contributed by atoms with Gasteiger partial charge in [0.1, 0.15) is 28.7 Å². The molecule has 12 nitrogen and oxygen atoms in total. The molecule has 3 atom stereocenters. The van der Waals surface area contributed by atoms with Crippen LogP contribution in [0, 0.1) is 11.8 Å². The van der Waals surface area contributed by atoms with Gasteiger partial charge in [0, 0.05) is 6.21 Å². The lowest BCUT2D eigenvalue weighted by atomic mass is 9.94. The topological polar surface area (TPSA) is 145 Å². The van der Waals surface area contributed by atoms with E-state index in [0.717, 1.165) is 11.1 Å².